The first-order valence-corrected chi connectivity index (χ1v) is 11.5. The molecule has 4 N–H and O–H groups in total. The summed E-state index contributed by atoms with van der Waals surface area (Å²) in [7, 11) is -4.52. The molecule has 0 heterocycles. The van der Waals surface area contributed by atoms with Gasteiger partial charge in [-0.2, -0.15) is 0 Å². The molecule has 12 heteroatoms. The number of nitro benzene ring substituents is 1. The molecular formula is C20H23N3O7S2. The molecule has 0 aliphatic rings. The fraction of sp³-hybridized carbons (Fsp3) is 0.200. The third kappa shape index (κ3) is 10.7. The maximum Gasteiger partial charge on any atom is 0.330 e. The number of non-ortho nitro benzene ring substituents is 1. The summed E-state index contributed by atoms with van der Waals surface area (Å²) in [5, 5.41) is 16.0. The minimum Gasteiger partial charge on any atom is -0.744 e. The molecule has 0 amide bonds. The summed E-state index contributed by atoms with van der Waals surface area (Å²) in [4.78, 5) is 20.3. The van der Waals surface area contributed by atoms with E-state index in [1.54, 1.807) is 13.0 Å². The fourth-order valence-electron chi connectivity index (χ4n) is 2.28. The van der Waals surface area contributed by atoms with Gasteiger partial charge in [0, 0.05) is 23.5 Å². The van der Waals surface area contributed by atoms with Gasteiger partial charge in [-0.15, -0.1) is 0 Å². The zero-order valence-electron chi connectivity index (χ0n) is 17.1. The van der Waals surface area contributed by atoms with Gasteiger partial charge in [0.2, 0.25) is 0 Å². The fourth-order valence-corrected chi connectivity index (χ4v) is 3.53. The van der Waals surface area contributed by atoms with Crippen LogP contribution in [0.5, 0.6) is 0 Å². The first kappa shape index (κ1) is 26.8. The number of hydrogen-bond donors (Lipinski definition) is 2. The van der Waals surface area contributed by atoms with Crippen molar-refractivity contribution in [3.8, 4) is 0 Å². The van der Waals surface area contributed by atoms with E-state index in [1.165, 1.54) is 17.8 Å². The number of ether oxygens (including phenoxy) is 1. The summed E-state index contributed by atoms with van der Waals surface area (Å²) in [5.41, 5.74) is 6.42. The number of carbonyl (C=O) groups is 1. The molecule has 32 heavy (non-hydrogen) atoms. The lowest BCUT2D eigenvalue weighted by Gasteiger charge is -2.09. The van der Waals surface area contributed by atoms with Crippen LogP contribution in [0.25, 0.3) is 0 Å². The highest BCUT2D eigenvalue weighted by molar-refractivity contribution is 8.14. The lowest BCUT2D eigenvalue weighted by molar-refractivity contribution is -0.384. The minimum atomic E-state index is -4.52. The Morgan fingerprint density at radius 2 is 1.81 bits per heavy atom. The monoisotopic (exact) mass is 481 g/mol. The molecule has 0 bridgehead atoms. The van der Waals surface area contributed by atoms with Gasteiger partial charge in [-0.3, -0.25) is 21.3 Å². The van der Waals surface area contributed by atoms with Crippen LogP contribution in [0.4, 0.5) is 5.69 Å². The molecule has 0 aliphatic carbocycles. The maximum atomic E-state index is 11.3. The average Bonchev–Trinajstić information content (AvgIpc) is 2.72. The van der Waals surface area contributed by atoms with Gasteiger partial charge in [0.05, 0.1) is 16.4 Å². The molecule has 0 aliphatic heterocycles. The van der Waals surface area contributed by atoms with Crippen LogP contribution in [0.3, 0.4) is 0 Å². The highest BCUT2D eigenvalue weighted by Crippen LogP contribution is 2.17. The van der Waals surface area contributed by atoms with Crippen molar-refractivity contribution in [2.24, 2.45) is 5.73 Å². The van der Waals surface area contributed by atoms with Crippen molar-refractivity contribution in [2.45, 2.75) is 23.5 Å². The van der Waals surface area contributed by atoms with E-state index >= 15 is 0 Å². The molecule has 0 fully saturated rings. The van der Waals surface area contributed by atoms with Crippen molar-refractivity contribution in [2.75, 3.05) is 6.61 Å². The number of rotatable bonds is 8. The van der Waals surface area contributed by atoms with E-state index in [0.29, 0.717) is 6.61 Å². The Hall–Kier alpha value is -3.22. The maximum absolute atomic E-state index is 11.3. The van der Waals surface area contributed by atoms with Gasteiger partial charge in [-0.1, -0.05) is 36.4 Å². The van der Waals surface area contributed by atoms with E-state index in [0.717, 1.165) is 36.2 Å². The van der Waals surface area contributed by atoms with Crippen molar-refractivity contribution in [1.82, 2.24) is 0 Å². The molecule has 0 radical (unpaired) electrons. The van der Waals surface area contributed by atoms with E-state index < -0.39 is 19.9 Å². The Labute approximate surface area is 189 Å². The van der Waals surface area contributed by atoms with Crippen molar-refractivity contribution in [3.63, 3.8) is 0 Å². The third-order valence-electron chi connectivity index (χ3n) is 3.64. The summed E-state index contributed by atoms with van der Waals surface area (Å²) >= 11 is 1.33. The number of thioether (sulfide) groups is 1. The van der Waals surface area contributed by atoms with E-state index in [2.05, 4.69) is 0 Å². The summed E-state index contributed by atoms with van der Waals surface area (Å²) in [5.74, 6) is -0.350. The second-order valence-electron chi connectivity index (χ2n) is 6.06. The SMILES string of the molecule is CCOC(=O)/C=C/C(Cc1ccccc1)SC(N)=[NH2+].O=[N+]([O-])c1ccc(S(=O)(=O)[O-])cc1. The number of benzene rings is 2. The Morgan fingerprint density at radius 3 is 2.28 bits per heavy atom. The number of nitrogens with zero attached hydrogens (tertiary/aromatic N) is 1. The van der Waals surface area contributed by atoms with Crippen molar-refractivity contribution >= 4 is 38.7 Å². The van der Waals surface area contributed by atoms with E-state index in [1.807, 2.05) is 30.3 Å². The largest absolute Gasteiger partial charge is 0.744 e. The quantitative estimate of drug-likeness (QED) is 0.106. The molecule has 172 valence electrons. The highest BCUT2D eigenvalue weighted by Gasteiger charge is 2.12. The predicted octanol–water partition coefficient (Wildman–Crippen LogP) is 1.02. The lowest BCUT2D eigenvalue weighted by atomic mass is 10.1. The normalized spacial score (nSPS) is 11.8. The summed E-state index contributed by atoms with van der Waals surface area (Å²) in [6, 6.07) is 13.7. The number of carbonyl (C=O) groups excluding carboxylic acids is 1. The molecule has 0 saturated carbocycles. The first-order chi connectivity index (χ1) is 15.0. The number of nitrogens with two attached hydrogens (primary N) is 2. The summed E-state index contributed by atoms with van der Waals surface area (Å²) in [6.45, 7) is 2.14. The molecule has 1 unspecified atom stereocenters. The van der Waals surface area contributed by atoms with Crippen LogP contribution in [-0.4, -0.2) is 40.9 Å². The molecule has 0 spiro atoms. The highest BCUT2D eigenvalue weighted by atomic mass is 32.2. The van der Waals surface area contributed by atoms with Gasteiger partial charge in [0.15, 0.2) is 0 Å². The number of hydrogen-bond acceptors (Lipinski definition) is 8. The van der Waals surface area contributed by atoms with E-state index in [4.69, 9.17) is 15.9 Å². The van der Waals surface area contributed by atoms with Crippen molar-refractivity contribution in [1.29, 1.82) is 0 Å². The molecule has 2 aromatic carbocycles. The zero-order chi connectivity index (χ0) is 24.1. The molecule has 0 saturated heterocycles. The standard InChI is InChI=1S/C14H18N2O2S.C6H5NO5S/c1-2-18-13(17)9-8-12(19-14(15)16)10-11-6-4-3-5-7-11;8-7(9)5-1-3-6(4-2-5)13(10,11)12/h3-9,12H,2,10H2,1H3,(H3,15,16);1-4H,(H,10,11,12)/b9-8+;. The van der Waals surface area contributed by atoms with Gasteiger partial charge in [0.25, 0.3) is 10.9 Å². The van der Waals surface area contributed by atoms with Crippen LogP contribution in [0.15, 0.2) is 71.6 Å². The minimum absolute atomic E-state index is 0.0109. The first-order valence-electron chi connectivity index (χ1n) is 9.16. The molecule has 2 aromatic rings. The zero-order valence-corrected chi connectivity index (χ0v) is 18.8. The second kappa shape index (κ2) is 13.2. The van der Waals surface area contributed by atoms with Crippen molar-refractivity contribution in [3.05, 3.63) is 82.4 Å². The van der Waals surface area contributed by atoms with Gasteiger partial charge in [-0.25, -0.2) is 13.2 Å². The summed E-state index contributed by atoms with van der Waals surface area (Å²) < 4.78 is 36.0. The van der Waals surface area contributed by atoms with Crippen LogP contribution in [0.2, 0.25) is 0 Å². The number of amidine groups is 1. The molecule has 2 rings (SSSR count). The summed E-state index contributed by atoms with van der Waals surface area (Å²) in [6.07, 6.45) is 3.95. The van der Waals surface area contributed by atoms with Gasteiger partial charge >= 0.3 is 5.97 Å². The predicted molar refractivity (Wildman–Crippen MR) is 119 cm³/mol. The van der Waals surface area contributed by atoms with Crippen LogP contribution in [0.1, 0.15) is 12.5 Å². The van der Waals surface area contributed by atoms with Crippen LogP contribution < -0.4 is 11.1 Å². The molecule has 10 nitrogen and oxygen atoms in total. The molecular weight excluding hydrogens is 458 g/mol. The van der Waals surface area contributed by atoms with Gasteiger partial charge in [0.1, 0.15) is 10.1 Å². The van der Waals surface area contributed by atoms with Gasteiger partial charge < -0.3 is 9.29 Å². The Balaban J connectivity index is 0.000000343. The Kier molecular flexibility index (Phi) is 11.1. The van der Waals surface area contributed by atoms with Gasteiger partial charge in [-0.05, 0) is 42.8 Å². The molecule has 1 atom stereocenters. The number of nitro groups is 1. The smallest absolute Gasteiger partial charge is 0.330 e. The van der Waals surface area contributed by atoms with Crippen LogP contribution in [-0.2, 0) is 26.1 Å². The topological polar surface area (TPSA) is 178 Å². The van der Waals surface area contributed by atoms with E-state index in [9.17, 15) is 27.9 Å². The number of esters is 1. The Bertz CT molecular complexity index is 1040. The Morgan fingerprint density at radius 1 is 1.22 bits per heavy atom. The third-order valence-corrected chi connectivity index (χ3v) is 5.39. The average molecular weight is 482 g/mol. The molecule has 0 aromatic heterocycles. The lowest BCUT2D eigenvalue weighted by Crippen LogP contribution is -2.44. The van der Waals surface area contributed by atoms with E-state index in [-0.39, 0.29) is 22.1 Å². The second-order valence-corrected chi connectivity index (χ2v) is 8.76. The van der Waals surface area contributed by atoms with Crippen LogP contribution >= 0.6 is 11.8 Å². The van der Waals surface area contributed by atoms with Crippen molar-refractivity contribution < 1.29 is 32.8 Å². The van der Waals surface area contributed by atoms with Crippen LogP contribution in [0, 0.1) is 10.1 Å².